The fraction of sp³-hybridized carbons (Fsp3) is 0.619. The number of phenols is 2. The van der Waals surface area contributed by atoms with Crippen LogP contribution < -0.4 is 5.32 Å². The second-order valence-corrected chi connectivity index (χ2v) is 8.93. The summed E-state index contributed by atoms with van der Waals surface area (Å²) in [6.07, 6.45) is 6.12. The Morgan fingerprint density at radius 1 is 1.11 bits per heavy atom. The molecule has 28 heavy (non-hydrogen) atoms. The van der Waals surface area contributed by atoms with Gasteiger partial charge >= 0.3 is 0 Å². The molecule has 7 heteroatoms. The molecule has 0 spiro atoms. The number of thioether (sulfide) groups is 1. The van der Waals surface area contributed by atoms with Crippen LogP contribution in [0.4, 0.5) is 0 Å². The van der Waals surface area contributed by atoms with Gasteiger partial charge in [0.05, 0.1) is 0 Å². The van der Waals surface area contributed by atoms with Gasteiger partial charge in [-0.25, -0.2) is 0 Å². The van der Waals surface area contributed by atoms with Crippen LogP contribution >= 0.6 is 11.8 Å². The number of carbonyl (C=O) groups excluding carboxylic acids is 2. The Kier molecular flexibility index (Phi) is 7.48. The van der Waals surface area contributed by atoms with Crippen LogP contribution in [0.2, 0.25) is 0 Å². The number of amides is 2. The van der Waals surface area contributed by atoms with E-state index in [-0.39, 0.29) is 35.7 Å². The molecule has 2 aliphatic rings. The Bertz CT molecular complexity index is 685. The monoisotopic (exact) mass is 406 g/mol. The van der Waals surface area contributed by atoms with Gasteiger partial charge in [0.2, 0.25) is 11.8 Å². The Morgan fingerprint density at radius 3 is 2.50 bits per heavy atom. The van der Waals surface area contributed by atoms with Gasteiger partial charge in [-0.2, -0.15) is 11.8 Å². The Balaban J connectivity index is 1.61. The Hall–Kier alpha value is -1.89. The maximum absolute atomic E-state index is 13.1. The molecule has 2 amide bonds. The molecule has 3 N–H and O–H groups in total. The predicted octanol–water partition coefficient (Wildman–Crippen LogP) is 2.67. The van der Waals surface area contributed by atoms with E-state index in [4.69, 9.17) is 0 Å². The van der Waals surface area contributed by atoms with Crippen molar-refractivity contribution in [3.8, 4) is 11.5 Å². The summed E-state index contributed by atoms with van der Waals surface area (Å²) < 4.78 is 0. The number of nitrogens with zero attached hydrogens (tertiary/aromatic N) is 1. The fourth-order valence-corrected chi connectivity index (χ4v) is 4.96. The van der Waals surface area contributed by atoms with Gasteiger partial charge in [-0.15, -0.1) is 0 Å². The molecule has 0 radical (unpaired) electrons. The molecule has 2 fully saturated rings. The first-order valence-electron chi connectivity index (χ1n) is 10.2. The first-order chi connectivity index (χ1) is 13.5. The zero-order valence-electron chi connectivity index (χ0n) is 16.2. The number of carbonyl (C=O) groups is 2. The molecule has 1 saturated carbocycles. The molecule has 1 unspecified atom stereocenters. The highest BCUT2D eigenvalue weighted by molar-refractivity contribution is 7.99. The van der Waals surface area contributed by atoms with E-state index in [1.807, 2.05) is 16.7 Å². The minimum absolute atomic E-state index is 0.0721. The van der Waals surface area contributed by atoms with E-state index in [2.05, 4.69) is 5.32 Å². The standard InChI is InChI=1S/C21H30N2O4S/c24-17-8-6-15(14-18(17)25)7-9-19(26)22-20(16-4-2-1-3-5-16)21(27)23-10-12-28-13-11-23/h6,8,14,16,20,24-25H,1-5,7,9-13H2,(H,22,26). The highest BCUT2D eigenvalue weighted by Crippen LogP contribution is 2.28. The first-order valence-corrected chi connectivity index (χ1v) is 11.4. The lowest BCUT2D eigenvalue weighted by Gasteiger charge is -2.35. The number of nitrogens with one attached hydrogen (secondary N) is 1. The van der Waals surface area contributed by atoms with Crippen LogP contribution in [0.25, 0.3) is 0 Å². The molecular formula is C21H30N2O4S. The van der Waals surface area contributed by atoms with Crippen molar-refractivity contribution < 1.29 is 19.8 Å². The molecule has 0 bridgehead atoms. The molecule has 6 nitrogen and oxygen atoms in total. The van der Waals surface area contributed by atoms with E-state index < -0.39 is 6.04 Å². The van der Waals surface area contributed by atoms with Crippen LogP contribution in [0.3, 0.4) is 0 Å². The SMILES string of the molecule is O=C(CCc1ccc(O)c(O)c1)NC(C(=O)N1CCSCC1)C1CCCCC1. The lowest BCUT2D eigenvalue weighted by Crippen LogP contribution is -2.54. The van der Waals surface area contributed by atoms with Crippen LogP contribution in [0.15, 0.2) is 18.2 Å². The maximum atomic E-state index is 13.1. The van der Waals surface area contributed by atoms with Gasteiger partial charge in [0, 0.05) is 31.0 Å². The summed E-state index contributed by atoms with van der Waals surface area (Å²) in [4.78, 5) is 27.7. The summed E-state index contributed by atoms with van der Waals surface area (Å²) in [5, 5.41) is 22.0. The summed E-state index contributed by atoms with van der Waals surface area (Å²) in [6, 6.07) is 4.16. The third kappa shape index (κ3) is 5.56. The fourth-order valence-electron chi connectivity index (χ4n) is 4.06. The average Bonchev–Trinajstić information content (AvgIpc) is 2.73. The molecule has 1 aromatic rings. The molecule has 1 atom stereocenters. The molecule has 1 aliphatic heterocycles. The molecular weight excluding hydrogens is 376 g/mol. The van der Waals surface area contributed by atoms with Crippen molar-refractivity contribution in [1.29, 1.82) is 0 Å². The minimum atomic E-state index is -0.427. The molecule has 1 heterocycles. The van der Waals surface area contributed by atoms with Gasteiger partial charge in [0.15, 0.2) is 11.5 Å². The summed E-state index contributed by atoms with van der Waals surface area (Å²) in [6.45, 7) is 1.52. The zero-order chi connectivity index (χ0) is 19.9. The lowest BCUT2D eigenvalue weighted by molar-refractivity contribution is -0.138. The highest BCUT2D eigenvalue weighted by atomic mass is 32.2. The second kappa shape index (κ2) is 10.0. The molecule has 154 valence electrons. The molecule has 1 saturated heterocycles. The van der Waals surface area contributed by atoms with E-state index in [9.17, 15) is 19.8 Å². The quantitative estimate of drug-likeness (QED) is 0.632. The third-order valence-corrected chi connectivity index (χ3v) is 6.65. The van der Waals surface area contributed by atoms with Crippen molar-refractivity contribution in [2.45, 2.75) is 51.0 Å². The summed E-state index contributed by atoms with van der Waals surface area (Å²) in [7, 11) is 0. The Labute approximate surface area is 170 Å². The number of phenolic OH excluding ortho intramolecular Hbond substituents is 2. The zero-order valence-corrected chi connectivity index (χ0v) is 17.0. The van der Waals surface area contributed by atoms with Gasteiger partial charge in [-0.3, -0.25) is 9.59 Å². The van der Waals surface area contributed by atoms with Gasteiger partial charge in [-0.05, 0) is 42.9 Å². The largest absolute Gasteiger partial charge is 0.504 e. The average molecular weight is 407 g/mol. The molecule has 1 aliphatic carbocycles. The van der Waals surface area contributed by atoms with Crippen LogP contribution in [0.5, 0.6) is 11.5 Å². The van der Waals surface area contributed by atoms with E-state index in [0.717, 1.165) is 55.8 Å². The number of aryl methyl sites for hydroxylation is 1. The number of hydrogen-bond acceptors (Lipinski definition) is 5. The van der Waals surface area contributed by atoms with Crippen molar-refractivity contribution in [2.24, 2.45) is 5.92 Å². The van der Waals surface area contributed by atoms with Crippen molar-refractivity contribution in [2.75, 3.05) is 24.6 Å². The minimum Gasteiger partial charge on any atom is -0.504 e. The summed E-state index contributed by atoms with van der Waals surface area (Å²) >= 11 is 1.87. The van der Waals surface area contributed by atoms with Gasteiger partial charge in [0.1, 0.15) is 6.04 Å². The topological polar surface area (TPSA) is 89.9 Å². The smallest absolute Gasteiger partial charge is 0.245 e. The van der Waals surface area contributed by atoms with E-state index in [1.54, 1.807) is 6.07 Å². The number of aromatic hydroxyl groups is 2. The first kappa shape index (κ1) is 20.8. The summed E-state index contributed by atoms with van der Waals surface area (Å²) in [5.74, 6) is 1.72. The van der Waals surface area contributed by atoms with Crippen LogP contribution in [0.1, 0.15) is 44.1 Å². The van der Waals surface area contributed by atoms with Crippen molar-refractivity contribution in [3.63, 3.8) is 0 Å². The van der Waals surface area contributed by atoms with Crippen molar-refractivity contribution in [1.82, 2.24) is 10.2 Å². The van der Waals surface area contributed by atoms with Crippen molar-refractivity contribution in [3.05, 3.63) is 23.8 Å². The maximum Gasteiger partial charge on any atom is 0.245 e. The second-order valence-electron chi connectivity index (χ2n) is 7.70. The van der Waals surface area contributed by atoms with E-state index in [0.29, 0.717) is 6.42 Å². The Morgan fingerprint density at radius 2 is 1.82 bits per heavy atom. The number of rotatable bonds is 6. The number of benzene rings is 1. The lowest BCUT2D eigenvalue weighted by atomic mass is 9.83. The van der Waals surface area contributed by atoms with E-state index in [1.165, 1.54) is 18.6 Å². The molecule has 3 rings (SSSR count). The van der Waals surface area contributed by atoms with Gasteiger partial charge in [-0.1, -0.05) is 25.3 Å². The van der Waals surface area contributed by atoms with Crippen molar-refractivity contribution >= 4 is 23.6 Å². The molecule has 0 aromatic heterocycles. The van der Waals surface area contributed by atoms with Crippen LogP contribution in [-0.2, 0) is 16.0 Å². The third-order valence-electron chi connectivity index (χ3n) is 5.71. The van der Waals surface area contributed by atoms with Gasteiger partial charge in [0.25, 0.3) is 0 Å². The number of hydrogen-bond donors (Lipinski definition) is 3. The predicted molar refractivity (Wildman–Crippen MR) is 111 cm³/mol. The highest BCUT2D eigenvalue weighted by Gasteiger charge is 2.34. The summed E-state index contributed by atoms with van der Waals surface area (Å²) in [5.41, 5.74) is 0.777. The van der Waals surface area contributed by atoms with Crippen LogP contribution in [-0.4, -0.2) is 57.6 Å². The van der Waals surface area contributed by atoms with Gasteiger partial charge < -0.3 is 20.4 Å². The van der Waals surface area contributed by atoms with Crippen LogP contribution in [0, 0.1) is 5.92 Å². The van der Waals surface area contributed by atoms with E-state index >= 15 is 0 Å². The molecule has 1 aromatic carbocycles. The normalized spacial score (nSPS) is 19.2.